The number of halogens is 1. The maximum atomic E-state index is 13.9. The van der Waals surface area contributed by atoms with Crippen LogP contribution < -0.4 is 5.32 Å². The molecule has 158 valence electrons. The molecular formula is C25H23FN2O2S. The summed E-state index contributed by atoms with van der Waals surface area (Å²) in [6.45, 7) is 1.92. The highest BCUT2D eigenvalue weighted by Gasteiger charge is 2.43. The summed E-state index contributed by atoms with van der Waals surface area (Å²) < 4.78 is 13.9. The average Bonchev–Trinajstić information content (AvgIpc) is 3.25. The van der Waals surface area contributed by atoms with E-state index >= 15 is 0 Å². The monoisotopic (exact) mass is 434 g/mol. The minimum atomic E-state index is -0.655. The lowest BCUT2D eigenvalue weighted by atomic mass is 10.1. The zero-order valence-corrected chi connectivity index (χ0v) is 17.9. The van der Waals surface area contributed by atoms with Gasteiger partial charge in [-0.3, -0.25) is 9.59 Å². The lowest BCUT2D eigenvalue weighted by Crippen LogP contribution is -2.48. The summed E-state index contributed by atoms with van der Waals surface area (Å²) in [4.78, 5) is 28.2. The molecule has 0 bridgehead atoms. The zero-order chi connectivity index (χ0) is 21.8. The Morgan fingerprint density at radius 3 is 2.35 bits per heavy atom. The number of nitrogens with one attached hydrogen (secondary N) is 1. The number of hydrogen-bond donors (Lipinski definition) is 1. The second kappa shape index (κ2) is 9.35. The minimum Gasteiger partial charge on any atom is -0.348 e. The van der Waals surface area contributed by atoms with E-state index in [0.29, 0.717) is 16.9 Å². The summed E-state index contributed by atoms with van der Waals surface area (Å²) in [5, 5.41) is 2.60. The Kier molecular flexibility index (Phi) is 6.37. The van der Waals surface area contributed by atoms with Gasteiger partial charge in [-0.1, -0.05) is 60.7 Å². The Morgan fingerprint density at radius 1 is 1.00 bits per heavy atom. The highest BCUT2D eigenvalue weighted by Crippen LogP contribution is 2.42. The highest BCUT2D eigenvalue weighted by molar-refractivity contribution is 7.99. The number of carbonyl (C=O) groups excluding carboxylic acids is 2. The fraction of sp³-hybridized carbons (Fsp3) is 0.200. The smallest absolute Gasteiger partial charge is 0.255 e. The predicted octanol–water partition coefficient (Wildman–Crippen LogP) is 4.96. The molecule has 0 spiro atoms. The highest BCUT2D eigenvalue weighted by atomic mass is 32.2. The van der Waals surface area contributed by atoms with Crippen molar-refractivity contribution in [3.05, 3.63) is 107 Å². The van der Waals surface area contributed by atoms with Gasteiger partial charge in [-0.05, 0) is 42.3 Å². The first-order chi connectivity index (χ1) is 15.0. The van der Waals surface area contributed by atoms with Crippen LogP contribution in [0.4, 0.5) is 4.39 Å². The molecule has 2 amide bonds. The van der Waals surface area contributed by atoms with Gasteiger partial charge in [0.15, 0.2) is 0 Å². The molecule has 0 aromatic heterocycles. The maximum absolute atomic E-state index is 13.9. The van der Waals surface area contributed by atoms with Gasteiger partial charge in [-0.25, -0.2) is 4.39 Å². The van der Waals surface area contributed by atoms with Crippen molar-refractivity contribution >= 4 is 23.6 Å². The van der Waals surface area contributed by atoms with E-state index in [9.17, 15) is 14.0 Å². The molecule has 0 radical (unpaired) electrons. The summed E-state index contributed by atoms with van der Waals surface area (Å²) in [6, 6.07) is 23.9. The second-order valence-electron chi connectivity index (χ2n) is 7.48. The molecule has 1 saturated heterocycles. The van der Waals surface area contributed by atoms with Gasteiger partial charge in [-0.15, -0.1) is 11.8 Å². The first kappa shape index (κ1) is 21.1. The summed E-state index contributed by atoms with van der Waals surface area (Å²) in [5.74, 6) is -0.386. The standard InChI is InChI=1S/C25H23FN2O2S/c1-17(18-9-4-2-5-10-18)27-23(29)22-16-31-25(20-13-8-14-21(26)15-20)28(22)24(30)19-11-6-3-7-12-19/h2-15,17,22,25H,16H2,1H3,(H,27,29). The number of benzene rings is 3. The van der Waals surface area contributed by atoms with Gasteiger partial charge >= 0.3 is 0 Å². The normalized spacial score (nSPS) is 19.1. The SMILES string of the molecule is CC(NC(=O)C1CSC(c2cccc(F)c2)N1C(=O)c1ccccc1)c1ccccc1. The van der Waals surface area contributed by atoms with Crippen LogP contribution in [0.3, 0.4) is 0 Å². The number of amides is 2. The lowest BCUT2D eigenvalue weighted by Gasteiger charge is -2.30. The van der Waals surface area contributed by atoms with Gasteiger partial charge in [0.05, 0.1) is 6.04 Å². The van der Waals surface area contributed by atoms with E-state index in [1.807, 2.05) is 43.3 Å². The molecule has 6 heteroatoms. The number of nitrogens with zero attached hydrogens (tertiary/aromatic N) is 1. The van der Waals surface area contributed by atoms with Gasteiger partial charge < -0.3 is 10.2 Å². The van der Waals surface area contributed by atoms with E-state index in [0.717, 1.165) is 5.56 Å². The van der Waals surface area contributed by atoms with Crippen molar-refractivity contribution < 1.29 is 14.0 Å². The minimum absolute atomic E-state index is 0.194. The summed E-state index contributed by atoms with van der Waals surface area (Å²) in [5.41, 5.74) is 2.16. The third-order valence-electron chi connectivity index (χ3n) is 5.35. The Balaban J connectivity index is 1.62. The van der Waals surface area contributed by atoms with Crippen LogP contribution in [-0.2, 0) is 4.79 Å². The van der Waals surface area contributed by atoms with E-state index in [1.54, 1.807) is 41.3 Å². The Labute approximate surface area is 185 Å². The largest absolute Gasteiger partial charge is 0.348 e. The van der Waals surface area contributed by atoms with Gasteiger partial charge in [0, 0.05) is 11.3 Å². The maximum Gasteiger partial charge on any atom is 0.255 e. The molecule has 0 saturated carbocycles. The molecule has 1 heterocycles. The number of carbonyl (C=O) groups is 2. The molecule has 3 unspecified atom stereocenters. The van der Waals surface area contributed by atoms with Gasteiger partial charge in [0.2, 0.25) is 5.91 Å². The number of rotatable bonds is 5. The molecule has 4 nitrogen and oxygen atoms in total. The van der Waals surface area contributed by atoms with Crippen molar-refractivity contribution in [1.29, 1.82) is 0 Å². The van der Waals surface area contributed by atoms with E-state index < -0.39 is 11.4 Å². The Bertz CT molecular complexity index is 1060. The van der Waals surface area contributed by atoms with Crippen LogP contribution in [0.15, 0.2) is 84.9 Å². The zero-order valence-electron chi connectivity index (χ0n) is 17.1. The molecule has 31 heavy (non-hydrogen) atoms. The van der Waals surface area contributed by atoms with Crippen LogP contribution >= 0.6 is 11.8 Å². The van der Waals surface area contributed by atoms with Crippen molar-refractivity contribution in [2.75, 3.05) is 5.75 Å². The third-order valence-corrected chi connectivity index (χ3v) is 6.67. The van der Waals surface area contributed by atoms with Crippen LogP contribution in [0.25, 0.3) is 0 Å². The van der Waals surface area contributed by atoms with Crippen LogP contribution in [-0.4, -0.2) is 28.5 Å². The Hall–Kier alpha value is -3.12. The lowest BCUT2D eigenvalue weighted by molar-refractivity contribution is -0.125. The molecule has 1 fully saturated rings. The first-order valence-corrected chi connectivity index (χ1v) is 11.2. The van der Waals surface area contributed by atoms with Crippen LogP contribution in [0.2, 0.25) is 0 Å². The molecule has 0 aliphatic carbocycles. The fourth-order valence-electron chi connectivity index (χ4n) is 3.74. The second-order valence-corrected chi connectivity index (χ2v) is 8.59. The molecule has 4 rings (SSSR count). The number of hydrogen-bond acceptors (Lipinski definition) is 3. The van der Waals surface area contributed by atoms with E-state index in [4.69, 9.17) is 0 Å². The topological polar surface area (TPSA) is 49.4 Å². The molecule has 3 atom stereocenters. The van der Waals surface area contributed by atoms with E-state index in [1.165, 1.54) is 23.9 Å². The summed E-state index contributed by atoms with van der Waals surface area (Å²) in [6.07, 6.45) is 0. The molecule has 1 aliphatic heterocycles. The fourth-order valence-corrected chi connectivity index (χ4v) is 5.16. The average molecular weight is 435 g/mol. The molecule has 3 aromatic carbocycles. The molecule has 1 N–H and O–H groups in total. The predicted molar refractivity (Wildman–Crippen MR) is 121 cm³/mol. The van der Waals surface area contributed by atoms with Crippen molar-refractivity contribution in [2.45, 2.75) is 24.4 Å². The summed E-state index contributed by atoms with van der Waals surface area (Å²) >= 11 is 1.47. The molecule has 3 aromatic rings. The Morgan fingerprint density at radius 2 is 1.68 bits per heavy atom. The van der Waals surface area contributed by atoms with Gasteiger partial charge in [0.25, 0.3) is 5.91 Å². The van der Waals surface area contributed by atoms with Crippen molar-refractivity contribution in [2.24, 2.45) is 0 Å². The molecular weight excluding hydrogens is 411 g/mol. The third kappa shape index (κ3) is 4.64. The van der Waals surface area contributed by atoms with Crippen molar-refractivity contribution in [3.63, 3.8) is 0 Å². The molecule has 1 aliphatic rings. The quantitative estimate of drug-likeness (QED) is 0.618. The van der Waals surface area contributed by atoms with Gasteiger partial charge in [-0.2, -0.15) is 0 Å². The van der Waals surface area contributed by atoms with Gasteiger partial charge in [0.1, 0.15) is 17.2 Å². The first-order valence-electron chi connectivity index (χ1n) is 10.1. The van der Waals surface area contributed by atoms with E-state index in [-0.39, 0.29) is 23.7 Å². The van der Waals surface area contributed by atoms with E-state index in [2.05, 4.69) is 5.32 Å². The summed E-state index contributed by atoms with van der Waals surface area (Å²) in [7, 11) is 0. The van der Waals surface area contributed by atoms with Crippen LogP contribution in [0.5, 0.6) is 0 Å². The number of thioether (sulfide) groups is 1. The van der Waals surface area contributed by atoms with Crippen molar-refractivity contribution in [1.82, 2.24) is 10.2 Å². The van der Waals surface area contributed by atoms with Crippen LogP contribution in [0.1, 0.15) is 39.8 Å². The van der Waals surface area contributed by atoms with Crippen molar-refractivity contribution in [3.8, 4) is 0 Å². The van der Waals surface area contributed by atoms with Crippen LogP contribution in [0, 0.1) is 5.82 Å².